The normalized spacial score (nSPS) is 15.0. The number of rotatable bonds is 9. The quantitative estimate of drug-likeness (QED) is 0.250. The van der Waals surface area contributed by atoms with Gasteiger partial charge >= 0.3 is 0 Å². The average Bonchev–Trinajstić information content (AvgIpc) is 3.48. The predicted molar refractivity (Wildman–Crippen MR) is 146 cm³/mol. The van der Waals surface area contributed by atoms with Gasteiger partial charge in [-0.25, -0.2) is 5.43 Å². The zero-order chi connectivity index (χ0) is 26.3. The molecule has 2 aromatic heterocycles. The van der Waals surface area contributed by atoms with E-state index >= 15 is 0 Å². The molecule has 1 amide bonds. The van der Waals surface area contributed by atoms with Gasteiger partial charge in [-0.1, -0.05) is 42.5 Å². The van der Waals surface area contributed by atoms with Crippen LogP contribution in [0.3, 0.4) is 0 Å². The van der Waals surface area contributed by atoms with Crippen molar-refractivity contribution in [2.45, 2.75) is 31.6 Å². The molecule has 4 aromatic rings. The topological polar surface area (TPSA) is 108 Å². The van der Waals surface area contributed by atoms with Crippen molar-refractivity contribution in [2.24, 2.45) is 5.10 Å². The Kier molecular flexibility index (Phi) is 7.89. The summed E-state index contributed by atoms with van der Waals surface area (Å²) in [6, 6.07) is 19.7. The monoisotopic (exact) mass is 510 g/mol. The van der Waals surface area contributed by atoms with Gasteiger partial charge in [0.05, 0.1) is 10.9 Å². The summed E-state index contributed by atoms with van der Waals surface area (Å²) in [6.07, 6.45) is 6.39. The zero-order valence-corrected chi connectivity index (χ0v) is 21.0. The summed E-state index contributed by atoms with van der Waals surface area (Å²) in [6.45, 7) is 2.87. The summed E-state index contributed by atoms with van der Waals surface area (Å²) < 4.78 is 5.69. The molecule has 38 heavy (non-hydrogen) atoms. The lowest BCUT2D eigenvalue weighted by molar-refractivity contribution is 0.0954. The van der Waals surface area contributed by atoms with E-state index in [1.54, 1.807) is 48.8 Å². The number of carbonyl (C=O) groups is 1. The molecule has 0 saturated carbocycles. The molecule has 1 unspecified atom stereocenters. The molecule has 0 aliphatic carbocycles. The van der Waals surface area contributed by atoms with E-state index in [0.29, 0.717) is 29.4 Å². The molecule has 1 atom stereocenters. The summed E-state index contributed by atoms with van der Waals surface area (Å²) in [5, 5.41) is 15.8. The van der Waals surface area contributed by atoms with Gasteiger partial charge in [-0.2, -0.15) is 5.10 Å². The average molecular weight is 511 g/mol. The van der Waals surface area contributed by atoms with E-state index in [-0.39, 0.29) is 16.9 Å². The van der Waals surface area contributed by atoms with Gasteiger partial charge in [0.15, 0.2) is 0 Å². The fourth-order valence-electron chi connectivity index (χ4n) is 4.95. The van der Waals surface area contributed by atoms with Crippen molar-refractivity contribution in [3.8, 4) is 5.95 Å². The van der Waals surface area contributed by atoms with Crippen molar-refractivity contribution in [3.05, 3.63) is 106 Å². The van der Waals surface area contributed by atoms with Crippen LogP contribution in [-0.2, 0) is 0 Å². The maximum absolute atomic E-state index is 13.6. The highest BCUT2D eigenvalue weighted by atomic mass is 16.5. The Morgan fingerprint density at radius 1 is 1.03 bits per heavy atom. The molecule has 8 nitrogen and oxygen atoms in total. The molecule has 0 bridgehead atoms. The molecule has 8 heteroatoms. The van der Waals surface area contributed by atoms with Crippen LogP contribution >= 0.6 is 0 Å². The number of benzene rings is 2. The highest BCUT2D eigenvalue weighted by Gasteiger charge is 2.27. The van der Waals surface area contributed by atoms with Crippen LogP contribution in [0, 0.1) is 0 Å². The summed E-state index contributed by atoms with van der Waals surface area (Å²) >= 11 is 0. The first kappa shape index (κ1) is 25.4. The number of likely N-dealkylation sites (tertiary alicyclic amines) is 1. The number of pyridine rings is 1. The minimum absolute atomic E-state index is 0.184. The fraction of sp³-hybridized carbons (Fsp3) is 0.267. The maximum Gasteiger partial charge on any atom is 0.290 e. The zero-order valence-electron chi connectivity index (χ0n) is 21.0. The molecule has 194 valence electrons. The molecule has 1 saturated heterocycles. The van der Waals surface area contributed by atoms with Gasteiger partial charge in [-0.3, -0.25) is 14.6 Å². The van der Waals surface area contributed by atoms with E-state index < -0.39 is 11.9 Å². The number of aromatic nitrogens is 1. The molecule has 3 heterocycles. The second-order valence-corrected chi connectivity index (χ2v) is 9.47. The lowest BCUT2D eigenvalue weighted by atomic mass is 9.86. The van der Waals surface area contributed by atoms with Crippen LogP contribution in [0.1, 0.15) is 53.1 Å². The van der Waals surface area contributed by atoms with Crippen molar-refractivity contribution in [3.63, 3.8) is 0 Å². The Hall–Kier alpha value is -4.30. The molecule has 1 aliphatic heterocycles. The second kappa shape index (κ2) is 11.8. The molecule has 2 aromatic carbocycles. The summed E-state index contributed by atoms with van der Waals surface area (Å²) in [5.74, 6) is -1.26. The first-order valence-corrected chi connectivity index (χ1v) is 12.9. The van der Waals surface area contributed by atoms with Gasteiger partial charge in [0.1, 0.15) is 5.58 Å². The first-order valence-electron chi connectivity index (χ1n) is 12.9. The highest BCUT2D eigenvalue weighted by molar-refractivity contribution is 5.95. The first-order chi connectivity index (χ1) is 18.6. The number of fused-ring (bicyclic) bond motifs is 1. The number of para-hydroxylation sites is 1. The van der Waals surface area contributed by atoms with Crippen LogP contribution in [0.25, 0.3) is 11.0 Å². The van der Waals surface area contributed by atoms with Crippen LogP contribution in [0.2, 0.25) is 0 Å². The molecule has 1 fully saturated rings. The van der Waals surface area contributed by atoms with Crippen LogP contribution in [0.5, 0.6) is 5.95 Å². The van der Waals surface area contributed by atoms with Crippen LogP contribution in [-0.4, -0.2) is 46.2 Å². The molecular weight excluding hydrogens is 480 g/mol. The third-order valence-corrected chi connectivity index (χ3v) is 6.98. The number of amides is 1. The maximum atomic E-state index is 13.6. The lowest BCUT2D eigenvalue weighted by Crippen LogP contribution is -2.26. The number of hydrazone groups is 1. The molecule has 2 N–H and O–H groups in total. The number of carbonyl (C=O) groups excluding carboxylic acids is 1. The lowest BCUT2D eigenvalue weighted by Gasteiger charge is -2.21. The Morgan fingerprint density at radius 3 is 2.50 bits per heavy atom. The van der Waals surface area contributed by atoms with Crippen molar-refractivity contribution < 1.29 is 14.3 Å². The number of hydrogen-bond donors (Lipinski definition) is 2. The largest absolute Gasteiger partial charge is 0.480 e. The number of hydrogen-bond acceptors (Lipinski definition) is 7. The number of nitrogens with one attached hydrogen (secondary N) is 1. The Morgan fingerprint density at radius 2 is 1.74 bits per heavy atom. The fourth-order valence-corrected chi connectivity index (χ4v) is 4.95. The van der Waals surface area contributed by atoms with Crippen molar-refractivity contribution in [1.29, 1.82) is 0 Å². The summed E-state index contributed by atoms with van der Waals surface area (Å²) in [5.41, 5.74) is 4.94. The van der Waals surface area contributed by atoms with E-state index in [4.69, 9.17) is 4.42 Å². The Labute approximate surface area is 220 Å². The minimum Gasteiger partial charge on any atom is -0.480 e. The van der Waals surface area contributed by atoms with Gasteiger partial charge in [0.2, 0.25) is 5.43 Å². The Balaban J connectivity index is 1.51. The van der Waals surface area contributed by atoms with Crippen LogP contribution < -0.4 is 10.9 Å². The van der Waals surface area contributed by atoms with Gasteiger partial charge in [0.25, 0.3) is 11.9 Å². The van der Waals surface area contributed by atoms with Crippen LogP contribution in [0.15, 0.2) is 93.4 Å². The van der Waals surface area contributed by atoms with Crippen molar-refractivity contribution >= 4 is 22.6 Å². The smallest absolute Gasteiger partial charge is 0.290 e. The van der Waals surface area contributed by atoms with E-state index in [1.165, 1.54) is 12.8 Å². The number of aromatic hydroxyl groups is 1. The minimum atomic E-state index is -0.521. The van der Waals surface area contributed by atoms with Crippen molar-refractivity contribution in [2.75, 3.05) is 19.6 Å². The second-order valence-electron chi connectivity index (χ2n) is 9.47. The van der Waals surface area contributed by atoms with E-state index in [9.17, 15) is 14.7 Å². The van der Waals surface area contributed by atoms with E-state index in [2.05, 4.69) is 20.4 Å². The Bertz CT molecular complexity index is 1480. The summed E-state index contributed by atoms with van der Waals surface area (Å²) in [7, 11) is 0. The van der Waals surface area contributed by atoms with E-state index in [0.717, 1.165) is 30.9 Å². The molecule has 0 radical (unpaired) electrons. The van der Waals surface area contributed by atoms with Crippen LogP contribution in [0.4, 0.5) is 0 Å². The molecule has 5 rings (SSSR count). The molecule has 1 aliphatic rings. The van der Waals surface area contributed by atoms with Gasteiger partial charge in [-0.15, -0.1) is 0 Å². The van der Waals surface area contributed by atoms with Gasteiger partial charge < -0.3 is 14.4 Å². The molecular formula is C30H30N4O4. The van der Waals surface area contributed by atoms with Gasteiger partial charge in [-0.05, 0) is 62.2 Å². The SMILES string of the molecule is O=C(NN=C(CCN1CCCC1)CC(c1ccccc1)c1c(O)oc2ccccc2c1=O)c1ccncc1. The van der Waals surface area contributed by atoms with Crippen molar-refractivity contribution in [1.82, 2.24) is 15.3 Å². The number of nitrogens with zero attached hydrogens (tertiary/aromatic N) is 3. The third kappa shape index (κ3) is 5.81. The summed E-state index contributed by atoms with van der Waals surface area (Å²) in [4.78, 5) is 32.7. The standard InChI is InChI=1S/C30H30N4O4/c35-28-24-10-4-5-11-26(24)38-30(37)27(28)25(21-8-2-1-3-9-21)20-23(14-19-34-17-6-7-18-34)32-33-29(36)22-12-15-31-16-13-22/h1-5,8-13,15-16,25,37H,6-7,14,17-20H2,(H,33,36). The third-order valence-electron chi connectivity index (χ3n) is 6.98. The van der Waals surface area contributed by atoms with E-state index in [1.807, 2.05) is 30.3 Å². The highest BCUT2D eigenvalue weighted by Crippen LogP contribution is 2.34. The molecule has 0 spiro atoms. The van der Waals surface area contributed by atoms with Gasteiger partial charge in [0, 0.05) is 42.6 Å². The predicted octanol–water partition coefficient (Wildman–Crippen LogP) is 4.69.